The minimum Gasteiger partial charge on any atom is -0.480 e. The van der Waals surface area contributed by atoms with E-state index in [1.54, 1.807) is 24.6 Å². The molecule has 1 atom stereocenters. The number of carboxylic acids is 1. The number of nitrogens with zero attached hydrogens (tertiary/aromatic N) is 4. The quantitative estimate of drug-likeness (QED) is 0.497. The summed E-state index contributed by atoms with van der Waals surface area (Å²) in [5.41, 5.74) is 3.64. The molecule has 2 aliphatic rings. The van der Waals surface area contributed by atoms with Gasteiger partial charge < -0.3 is 14.7 Å². The number of hydrogen-bond acceptors (Lipinski definition) is 8. The van der Waals surface area contributed by atoms with Gasteiger partial charge in [0, 0.05) is 18.5 Å². The highest BCUT2D eigenvalue weighted by molar-refractivity contribution is 8.00. The summed E-state index contributed by atoms with van der Waals surface area (Å²) in [6.07, 6.45) is 6.00. The Morgan fingerprint density at radius 1 is 1.24 bits per heavy atom. The first-order valence-electron chi connectivity index (χ1n) is 9.94. The second kappa shape index (κ2) is 7.70. The summed E-state index contributed by atoms with van der Waals surface area (Å²) in [6, 6.07) is 0. The van der Waals surface area contributed by atoms with E-state index in [0.717, 1.165) is 70.4 Å². The Labute approximate surface area is 176 Å². The average Bonchev–Trinajstić information content (AvgIpc) is 3.13. The molecule has 1 fully saturated rings. The van der Waals surface area contributed by atoms with Crippen molar-refractivity contribution in [3.8, 4) is 0 Å². The van der Waals surface area contributed by atoms with Gasteiger partial charge in [0.15, 0.2) is 0 Å². The Morgan fingerprint density at radius 2 is 2.00 bits per heavy atom. The number of hydrogen-bond donors (Lipinski definition) is 1. The molecule has 0 bridgehead atoms. The van der Waals surface area contributed by atoms with Crippen molar-refractivity contribution in [3.63, 3.8) is 0 Å². The maximum absolute atomic E-state index is 11.3. The van der Waals surface area contributed by atoms with E-state index in [1.165, 1.54) is 35.7 Å². The molecule has 152 valence electrons. The summed E-state index contributed by atoms with van der Waals surface area (Å²) in [6.45, 7) is 4.89. The molecule has 4 heterocycles. The minimum absolute atomic E-state index is 0.566. The van der Waals surface area contributed by atoms with Crippen LogP contribution < -0.4 is 4.90 Å². The summed E-state index contributed by atoms with van der Waals surface area (Å²) >= 11 is 2.86. The minimum atomic E-state index is -0.840. The van der Waals surface area contributed by atoms with Crippen LogP contribution in [-0.4, -0.2) is 57.6 Å². The van der Waals surface area contributed by atoms with Crippen LogP contribution in [0.4, 0.5) is 5.82 Å². The molecule has 3 aromatic heterocycles. The van der Waals surface area contributed by atoms with E-state index in [2.05, 4.69) is 14.9 Å². The van der Waals surface area contributed by atoms with Gasteiger partial charge >= 0.3 is 5.97 Å². The van der Waals surface area contributed by atoms with E-state index in [-0.39, 0.29) is 0 Å². The zero-order chi connectivity index (χ0) is 20.0. The number of thiophene rings is 1. The van der Waals surface area contributed by atoms with Gasteiger partial charge in [-0.05, 0) is 43.7 Å². The fourth-order valence-electron chi connectivity index (χ4n) is 4.16. The van der Waals surface area contributed by atoms with Crippen molar-refractivity contribution in [2.45, 2.75) is 42.9 Å². The van der Waals surface area contributed by atoms with Gasteiger partial charge in [0.05, 0.1) is 23.4 Å². The molecule has 7 nitrogen and oxygen atoms in total. The lowest BCUT2D eigenvalue weighted by Gasteiger charge is -2.31. The van der Waals surface area contributed by atoms with Crippen LogP contribution in [0.15, 0.2) is 11.4 Å². The fraction of sp³-hybridized carbons (Fsp3) is 0.500. The van der Waals surface area contributed by atoms with Crippen molar-refractivity contribution in [3.05, 3.63) is 17.5 Å². The number of aromatic nitrogens is 3. The van der Waals surface area contributed by atoms with E-state index in [4.69, 9.17) is 9.72 Å². The number of carbonyl (C=O) groups is 1. The van der Waals surface area contributed by atoms with Crippen molar-refractivity contribution in [2.24, 2.45) is 0 Å². The molecule has 5 rings (SSSR count). The number of rotatable bonds is 4. The molecule has 1 unspecified atom stereocenters. The van der Waals surface area contributed by atoms with Crippen LogP contribution in [0.3, 0.4) is 0 Å². The maximum atomic E-state index is 11.3. The monoisotopic (exact) mass is 430 g/mol. The van der Waals surface area contributed by atoms with Crippen molar-refractivity contribution >= 4 is 55.3 Å². The van der Waals surface area contributed by atoms with Crippen LogP contribution in [0.2, 0.25) is 0 Å². The summed E-state index contributed by atoms with van der Waals surface area (Å²) in [4.78, 5) is 28.8. The van der Waals surface area contributed by atoms with E-state index >= 15 is 0 Å². The van der Waals surface area contributed by atoms with E-state index in [9.17, 15) is 9.90 Å². The van der Waals surface area contributed by atoms with Crippen LogP contribution >= 0.6 is 23.1 Å². The SMILES string of the molecule is CC(Sc1ncnc2c1sc1nc(N3CCOCC3)c3c(c12)CCCC3)C(=O)O. The molecule has 1 aliphatic carbocycles. The Hall–Kier alpha value is -1.97. The molecule has 29 heavy (non-hydrogen) atoms. The Kier molecular flexibility index (Phi) is 5.05. The second-order valence-corrected chi connectivity index (χ2v) is 9.76. The largest absolute Gasteiger partial charge is 0.480 e. The lowest BCUT2D eigenvalue weighted by molar-refractivity contribution is -0.136. The highest BCUT2D eigenvalue weighted by Crippen LogP contribution is 2.43. The smallest absolute Gasteiger partial charge is 0.316 e. The topological polar surface area (TPSA) is 88.4 Å². The molecule has 0 aromatic carbocycles. The zero-order valence-electron chi connectivity index (χ0n) is 16.2. The highest BCUT2D eigenvalue weighted by Gasteiger charge is 2.27. The number of anilines is 1. The van der Waals surface area contributed by atoms with Crippen molar-refractivity contribution < 1.29 is 14.6 Å². The molecule has 1 N–H and O–H groups in total. The lowest BCUT2D eigenvalue weighted by atomic mass is 9.90. The highest BCUT2D eigenvalue weighted by atomic mass is 32.2. The number of thioether (sulfide) groups is 1. The molecular weight excluding hydrogens is 408 g/mol. The maximum Gasteiger partial charge on any atom is 0.316 e. The summed E-state index contributed by atoms with van der Waals surface area (Å²) in [5, 5.41) is 10.6. The lowest BCUT2D eigenvalue weighted by Crippen LogP contribution is -2.37. The predicted octanol–water partition coefficient (Wildman–Crippen LogP) is 3.52. The number of fused-ring (bicyclic) bond motifs is 5. The Balaban J connectivity index is 1.71. The van der Waals surface area contributed by atoms with Crippen molar-refractivity contribution in [1.29, 1.82) is 0 Å². The first-order valence-corrected chi connectivity index (χ1v) is 11.6. The van der Waals surface area contributed by atoms with E-state index < -0.39 is 11.2 Å². The third-order valence-corrected chi connectivity index (χ3v) is 7.91. The molecule has 1 saturated heterocycles. The third kappa shape index (κ3) is 3.35. The summed E-state index contributed by atoms with van der Waals surface area (Å²) < 4.78 is 6.48. The van der Waals surface area contributed by atoms with Gasteiger partial charge in [-0.15, -0.1) is 11.3 Å². The number of aliphatic carboxylic acids is 1. The van der Waals surface area contributed by atoms with Crippen LogP contribution in [0, 0.1) is 0 Å². The van der Waals surface area contributed by atoms with Gasteiger partial charge in [0.25, 0.3) is 0 Å². The van der Waals surface area contributed by atoms with Gasteiger partial charge in [0.2, 0.25) is 0 Å². The van der Waals surface area contributed by atoms with Crippen LogP contribution in [0.25, 0.3) is 20.4 Å². The van der Waals surface area contributed by atoms with Gasteiger partial charge in [-0.25, -0.2) is 15.0 Å². The zero-order valence-corrected chi connectivity index (χ0v) is 17.8. The molecular formula is C20H22N4O3S2. The van der Waals surface area contributed by atoms with Crippen molar-refractivity contribution in [2.75, 3.05) is 31.2 Å². The standard InChI is InChI=1S/C20H22N4O3S2/c1-11(20(25)26)28-19-16-15(21-10-22-19)14-12-4-2-3-5-13(12)17(23-18(14)29-16)24-6-8-27-9-7-24/h10-11H,2-9H2,1H3,(H,25,26). The molecule has 0 radical (unpaired) electrons. The van der Waals surface area contributed by atoms with Crippen molar-refractivity contribution in [1.82, 2.24) is 15.0 Å². The molecule has 9 heteroatoms. The molecule has 1 aliphatic heterocycles. The van der Waals surface area contributed by atoms with Crippen LogP contribution in [-0.2, 0) is 22.4 Å². The Morgan fingerprint density at radius 3 is 2.76 bits per heavy atom. The molecule has 0 saturated carbocycles. The first-order chi connectivity index (χ1) is 14.1. The number of pyridine rings is 1. The normalized spacial score (nSPS) is 18.2. The Bertz CT molecular complexity index is 1090. The van der Waals surface area contributed by atoms with Gasteiger partial charge in [-0.3, -0.25) is 4.79 Å². The first kappa shape index (κ1) is 19.0. The number of aryl methyl sites for hydroxylation is 1. The number of ether oxygens (including phenoxy) is 1. The molecule has 3 aromatic rings. The van der Waals surface area contributed by atoms with E-state index in [0.29, 0.717) is 0 Å². The van der Waals surface area contributed by atoms with Gasteiger partial charge in [-0.1, -0.05) is 11.8 Å². The number of morpholine rings is 1. The molecule has 0 amide bonds. The summed E-state index contributed by atoms with van der Waals surface area (Å²) in [7, 11) is 0. The van der Waals surface area contributed by atoms with Crippen LogP contribution in [0.5, 0.6) is 0 Å². The van der Waals surface area contributed by atoms with Gasteiger partial charge in [-0.2, -0.15) is 0 Å². The predicted molar refractivity (Wildman–Crippen MR) is 115 cm³/mol. The van der Waals surface area contributed by atoms with Gasteiger partial charge in [0.1, 0.15) is 27.3 Å². The van der Waals surface area contributed by atoms with Crippen LogP contribution in [0.1, 0.15) is 30.9 Å². The number of carboxylic acid groups (broad SMARTS) is 1. The fourth-order valence-corrected chi connectivity index (χ4v) is 6.21. The second-order valence-electron chi connectivity index (χ2n) is 7.44. The average molecular weight is 431 g/mol. The molecule has 0 spiro atoms. The van der Waals surface area contributed by atoms with E-state index in [1.807, 2.05) is 0 Å². The summed E-state index contributed by atoms with van der Waals surface area (Å²) in [5.74, 6) is 0.260. The third-order valence-electron chi connectivity index (χ3n) is 5.61.